The molecule has 0 aromatic heterocycles. The minimum Gasteiger partial charge on any atom is -0.493 e. The molecule has 2 rings (SSSR count). The van der Waals surface area contributed by atoms with Gasteiger partial charge in [0, 0.05) is 18.8 Å². The van der Waals surface area contributed by atoms with Crippen LogP contribution < -0.4 is 9.47 Å². The summed E-state index contributed by atoms with van der Waals surface area (Å²) in [5.74, 6) is 1.02. The van der Waals surface area contributed by atoms with Gasteiger partial charge < -0.3 is 19.3 Å². The highest BCUT2D eigenvalue weighted by Gasteiger charge is 2.42. The second-order valence-electron chi connectivity index (χ2n) is 4.87. The molecule has 1 saturated heterocycles. The van der Waals surface area contributed by atoms with E-state index in [0.717, 1.165) is 0 Å². The maximum Gasteiger partial charge on any atom is 0.166 e. The zero-order valence-electron chi connectivity index (χ0n) is 11.8. The van der Waals surface area contributed by atoms with Crippen LogP contribution in [0, 0.1) is 16.7 Å². The van der Waals surface area contributed by atoms with Gasteiger partial charge in [-0.2, -0.15) is 5.26 Å². The Morgan fingerprint density at radius 3 is 2.55 bits per heavy atom. The summed E-state index contributed by atoms with van der Waals surface area (Å²) >= 11 is 0. The van der Waals surface area contributed by atoms with Crippen LogP contribution in [-0.2, 0) is 4.74 Å². The number of hydrogen-bond acceptors (Lipinski definition) is 5. The highest BCUT2D eigenvalue weighted by Crippen LogP contribution is 2.46. The number of hydrogen-bond donors (Lipinski definition) is 1. The number of para-hydroxylation sites is 1. The van der Waals surface area contributed by atoms with Crippen LogP contribution in [0.2, 0.25) is 0 Å². The first-order valence-corrected chi connectivity index (χ1v) is 6.56. The molecule has 0 amide bonds. The fraction of sp³-hybridized carbons (Fsp3) is 0.533. The maximum atomic E-state index is 10.7. The molecule has 0 bridgehead atoms. The van der Waals surface area contributed by atoms with Crippen LogP contribution in [0.1, 0.15) is 24.5 Å². The first kappa shape index (κ1) is 14.6. The fourth-order valence-corrected chi connectivity index (χ4v) is 2.61. The van der Waals surface area contributed by atoms with E-state index < -0.39 is 11.5 Å². The van der Waals surface area contributed by atoms with Crippen LogP contribution >= 0.6 is 0 Å². The SMILES string of the molecule is COc1cccc(C(O)C2(C#N)CCOCC2)c1OC. The lowest BCUT2D eigenvalue weighted by molar-refractivity contribution is -0.0318. The summed E-state index contributed by atoms with van der Waals surface area (Å²) in [6, 6.07) is 7.59. The van der Waals surface area contributed by atoms with E-state index in [0.29, 0.717) is 43.1 Å². The predicted octanol–water partition coefficient (Wildman–Crippen LogP) is 2.06. The summed E-state index contributed by atoms with van der Waals surface area (Å²) in [7, 11) is 3.07. The molecule has 5 heteroatoms. The van der Waals surface area contributed by atoms with Gasteiger partial charge in [0.2, 0.25) is 0 Å². The molecule has 0 aliphatic carbocycles. The van der Waals surface area contributed by atoms with Crippen LogP contribution in [0.15, 0.2) is 18.2 Å². The number of nitriles is 1. The highest BCUT2D eigenvalue weighted by molar-refractivity contribution is 5.48. The van der Waals surface area contributed by atoms with Crippen molar-refractivity contribution in [1.82, 2.24) is 0 Å². The molecule has 20 heavy (non-hydrogen) atoms. The first-order chi connectivity index (χ1) is 9.68. The Bertz CT molecular complexity index is 503. The van der Waals surface area contributed by atoms with Crippen molar-refractivity contribution < 1.29 is 19.3 Å². The Morgan fingerprint density at radius 1 is 1.30 bits per heavy atom. The van der Waals surface area contributed by atoms with Gasteiger partial charge in [-0.15, -0.1) is 0 Å². The maximum absolute atomic E-state index is 10.7. The van der Waals surface area contributed by atoms with Gasteiger partial charge in [0.1, 0.15) is 6.10 Å². The van der Waals surface area contributed by atoms with Gasteiger partial charge in [-0.3, -0.25) is 0 Å². The van der Waals surface area contributed by atoms with Gasteiger partial charge in [-0.05, 0) is 18.9 Å². The molecular formula is C15H19NO4. The number of benzene rings is 1. The van der Waals surface area contributed by atoms with Crippen LogP contribution in [-0.4, -0.2) is 32.5 Å². The topological polar surface area (TPSA) is 71.7 Å². The smallest absolute Gasteiger partial charge is 0.166 e. The van der Waals surface area contributed by atoms with Crippen molar-refractivity contribution in [2.45, 2.75) is 18.9 Å². The highest BCUT2D eigenvalue weighted by atomic mass is 16.5. The largest absolute Gasteiger partial charge is 0.493 e. The first-order valence-electron chi connectivity index (χ1n) is 6.56. The summed E-state index contributed by atoms with van der Waals surface area (Å²) in [6.07, 6.45) is 0.0808. The summed E-state index contributed by atoms with van der Waals surface area (Å²) < 4.78 is 15.9. The van der Waals surface area contributed by atoms with Gasteiger partial charge in [0.25, 0.3) is 0 Å². The van der Waals surface area contributed by atoms with Crippen molar-refractivity contribution in [3.8, 4) is 17.6 Å². The van der Waals surface area contributed by atoms with Gasteiger partial charge >= 0.3 is 0 Å². The molecule has 1 aromatic rings. The van der Waals surface area contributed by atoms with Crippen LogP contribution in [0.4, 0.5) is 0 Å². The quantitative estimate of drug-likeness (QED) is 0.912. The van der Waals surface area contributed by atoms with Gasteiger partial charge in [-0.25, -0.2) is 0 Å². The molecular weight excluding hydrogens is 258 g/mol. The average Bonchev–Trinajstić information content (AvgIpc) is 2.53. The van der Waals surface area contributed by atoms with Crippen molar-refractivity contribution in [1.29, 1.82) is 5.26 Å². The van der Waals surface area contributed by atoms with Crippen LogP contribution in [0.25, 0.3) is 0 Å². The second kappa shape index (κ2) is 6.12. The van der Waals surface area contributed by atoms with E-state index >= 15 is 0 Å². The molecule has 1 atom stereocenters. The molecule has 1 N–H and O–H groups in total. The van der Waals surface area contributed by atoms with E-state index in [1.807, 2.05) is 0 Å². The molecule has 0 spiro atoms. The van der Waals surface area contributed by atoms with E-state index in [2.05, 4.69) is 6.07 Å². The third-order valence-electron chi connectivity index (χ3n) is 3.86. The molecule has 1 heterocycles. The van der Waals surface area contributed by atoms with Crippen molar-refractivity contribution in [2.75, 3.05) is 27.4 Å². The average molecular weight is 277 g/mol. The Kier molecular flexibility index (Phi) is 4.48. The molecule has 1 aliphatic heterocycles. The Labute approximate surface area is 118 Å². The fourth-order valence-electron chi connectivity index (χ4n) is 2.61. The minimum atomic E-state index is -0.929. The zero-order valence-corrected chi connectivity index (χ0v) is 11.8. The number of nitrogens with zero attached hydrogens (tertiary/aromatic N) is 1. The van der Waals surface area contributed by atoms with E-state index in [4.69, 9.17) is 14.2 Å². The molecule has 108 valence electrons. The third kappa shape index (κ3) is 2.45. The number of ether oxygens (including phenoxy) is 3. The van der Waals surface area contributed by atoms with Crippen molar-refractivity contribution >= 4 is 0 Å². The van der Waals surface area contributed by atoms with Crippen LogP contribution in [0.5, 0.6) is 11.5 Å². The molecule has 1 unspecified atom stereocenters. The number of rotatable bonds is 4. The Morgan fingerprint density at radius 2 is 2.00 bits per heavy atom. The molecule has 0 saturated carbocycles. The van der Waals surface area contributed by atoms with Gasteiger partial charge in [0.15, 0.2) is 11.5 Å². The van der Waals surface area contributed by atoms with Crippen molar-refractivity contribution in [2.24, 2.45) is 5.41 Å². The lowest BCUT2D eigenvalue weighted by Gasteiger charge is -2.35. The van der Waals surface area contributed by atoms with Gasteiger partial charge in [-0.1, -0.05) is 12.1 Å². The lowest BCUT2D eigenvalue weighted by Crippen LogP contribution is -2.34. The van der Waals surface area contributed by atoms with E-state index in [-0.39, 0.29) is 0 Å². The molecule has 1 aliphatic rings. The summed E-state index contributed by atoms with van der Waals surface area (Å²) in [6.45, 7) is 0.966. The molecule has 1 aromatic carbocycles. The standard InChI is InChI=1S/C15H19NO4/c1-18-12-5-3-4-11(13(12)19-2)14(17)15(10-16)6-8-20-9-7-15/h3-5,14,17H,6-9H2,1-2H3. The monoisotopic (exact) mass is 277 g/mol. The van der Waals surface area contributed by atoms with Crippen molar-refractivity contribution in [3.63, 3.8) is 0 Å². The van der Waals surface area contributed by atoms with Crippen molar-refractivity contribution in [3.05, 3.63) is 23.8 Å². The third-order valence-corrected chi connectivity index (χ3v) is 3.86. The summed E-state index contributed by atoms with van der Waals surface area (Å²) in [4.78, 5) is 0. The number of aliphatic hydroxyl groups excluding tert-OH is 1. The number of aliphatic hydroxyl groups is 1. The van der Waals surface area contributed by atoms with E-state index in [9.17, 15) is 10.4 Å². The predicted molar refractivity (Wildman–Crippen MR) is 72.6 cm³/mol. The normalized spacial score (nSPS) is 18.9. The summed E-state index contributed by atoms with van der Waals surface area (Å²) in [5.41, 5.74) is -0.256. The minimum absolute atomic E-state index is 0.476. The molecule has 0 radical (unpaired) electrons. The Balaban J connectivity index is 2.42. The van der Waals surface area contributed by atoms with Crippen LogP contribution in [0.3, 0.4) is 0 Å². The Hall–Kier alpha value is -1.77. The van der Waals surface area contributed by atoms with E-state index in [1.165, 1.54) is 7.11 Å². The molecule has 1 fully saturated rings. The van der Waals surface area contributed by atoms with Gasteiger partial charge in [0.05, 0.1) is 25.7 Å². The zero-order chi connectivity index (χ0) is 14.6. The molecule has 5 nitrogen and oxygen atoms in total. The number of methoxy groups -OCH3 is 2. The lowest BCUT2D eigenvalue weighted by atomic mass is 9.74. The summed E-state index contributed by atoms with van der Waals surface area (Å²) in [5, 5.41) is 20.2. The van der Waals surface area contributed by atoms with E-state index in [1.54, 1.807) is 25.3 Å². The second-order valence-corrected chi connectivity index (χ2v) is 4.87.